The number of nitrogens with zero attached hydrogens (tertiary/aromatic N) is 1. The van der Waals surface area contributed by atoms with E-state index < -0.39 is 0 Å². The summed E-state index contributed by atoms with van der Waals surface area (Å²) in [5.74, 6) is 1.07. The fraction of sp³-hybridized carbons (Fsp3) is 0.625. The Bertz CT molecular complexity index is 462. The smallest absolute Gasteiger partial charge is 0.123 e. The molecule has 3 rings (SSSR count). The largest absolute Gasteiger partial charge is 0.488 e. The summed E-state index contributed by atoms with van der Waals surface area (Å²) in [6.45, 7) is 6.75. The van der Waals surface area contributed by atoms with Crippen molar-refractivity contribution in [2.45, 2.75) is 25.5 Å². The van der Waals surface area contributed by atoms with Crippen LogP contribution in [-0.4, -0.2) is 56.9 Å². The van der Waals surface area contributed by atoms with Gasteiger partial charge in [0, 0.05) is 32.1 Å². The molecule has 1 aromatic rings. The number of likely N-dealkylation sites (N-methyl/N-ethyl adjacent to an activating group) is 1. The van der Waals surface area contributed by atoms with Gasteiger partial charge in [0.1, 0.15) is 11.9 Å². The summed E-state index contributed by atoms with van der Waals surface area (Å²) in [7, 11) is 2.00. The van der Waals surface area contributed by atoms with Gasteiger partial charge >= 0.3 is 0 Å². The summed E-state index contributed by atoms with van der Waals surface area (Å²) in [5.41, 5.74) is 2.67. The maximum absolute atomic E-state index is 6.09. The van der Waals surface area contributed by atoms with Crippen LogP contribution in [0.5, 0.6) is 5.75 Å². The van der Waals surface area contributed by atoms with E-state index in [0.717, 1.165) is 45.0 Å². The lowest BCUT2D eigenvalue weighted by Crippen LogP contribution is -2.52. The zero-order valence-corrected chi connectivity index (χ0v) is 12.4. The Morgan fingerprint density at radius 2 is 2.30 bits per heavy atom. The zero-order chi connectivity index (χ0) is 13.9. The Morgan fingerprint density at radius 1 is 1.40 bits per heavy atom. The van der Waals surface area contributed by atoms with E-state index >= 15 is 0 Å². The minimum atomic E-state index is 0.282. The van der Waals surface area contributed by atoms with E-state index in [0.29, 0.717) is 6.04 Å². The molecular weight excluding hydrogens is 252 g/mol. The second-order valence-corrected chi connectivity index (χ2v) is 5.84. The van der Waals surface area contributed by atoms with Gasteiger partial charge in [0.15, 0.2) is 0 Å². The van der Waals surface area contributed by atoms with Crippen LogP contribution in [0.1, 0.15) is 11.1 Å². The molecule has 2 aliphatic rings. The predicted molar refractivity (Wildman–Crippen MR) is 79.4 cm³/mol. The molecule has 1 N–H and O–H groups in total. The first-order valence-electron chi connectivity index (χ1n) is 7.49. The highest BCUT2D eigenvalue weighted by atomic mass is 16.5. The molecule has 1 aromatic carbocycles. The van der Waals surface area contributed by atoms with Gasteiger partial charge in [0.2, 0.25) is 0 Å². The van der Waals surface area contributed by atoms with E-state index in [4.69, 9.17) is 9.47 Å². The molecule has 0 amide bonds. The van der Waals surface area contributed by atoms with Crippen molar-refractivity contribution in [1.29, 1.82) is 0 Å². The molecule has 1 fully saturated rings. The summed E-state index contributed by atoms with van der Waals surface area (Å²) in [5, 5.41) is 3.25. The van der Waals surface area contributed by atoms with E-state index in [1.807, 2.05) is 7.05 Å². The summed E-state index contributed by atoms with van der Waals surface area (Å²) >= 11 is 0. The molecule has 0 saturated carbocycles. The molecule has 0 spiro atoms. The fourth-order valence-electron chi connectivity index (χ4n) is 3.17. The first-order valence-corrected chi connectivity index (χ1v) is 7.49. The van der Waals surface area contributed by atoms with Crippen LogP contribution in [-0.2, 0) is 11.2 Å². The van der Waals surface area contributed by atoms with Crippen molar-refractivity contribution >= 4 is 0 Å². The number of hydrogen-bond donors (Lipinski definition) is 1. The molecular formula is C16H24N2O2. The van der Waals surface area contributed by atoms with E-state index in [1.54, 1.807) is 0 Å². The van der Waals surface area contributed by atoms with Gasteiger partial charge in [-0.1, -0.05) is 17.7 Å². The van der Waals surface area contributed by atoms with Crippen LogP contribution in [0.15, 0.2) is 18.2 Å². The highest BCUT2D eigenvalue weighted by Crippen LogP contribution is 2.30. The molecule has 4 nitrogen and oxygen atoms in total. The first-order chi connectivity index (χ1) is 9.76. The number of rotatable bonds is 4. The van der Waals surface area contributed by atoms with Crippen LogP contribution < -0.4 is 10.1 Å². The summed E-state index contributed by atoms with van der Waals surface area (Å²) in [6.07, 6.45) is 1.31. The Morgan fingerprint density at radius 3 is 3.15 bits per heavy atom. The van der Waals surface area contributed by atoms with Crippen molar-refractivity contribution in [2.75, 3.05) is 39.9 Å². The summed E-state index contributed by atoms with van der Waals surface area (Å²) in [4.78, 5) is 2.50. The van der Waals surface area contributed by atoms with Gasteiger partial charge in [-0.15, -0.1) is 0 Å². The van der Waals surface area contributed by atoms with Crippen molar-refractivity contribution in [1.82, 2.24) is 10.2 Å². The Hall–Kier alpha value is -1.10. The maximum atomic E-state index is 6.09. The lowest BCUT2D eigenvalue weighted by atomic mass is 10.1. The minimum Gasteiger partial charge on any atom is -0.488 e. The van der Waals surface area contributed by atoms with Gasteiger partial charge in [-0.05, 0) is 25.6 Å². The molecule has 2 aliphatic heterocycles. The predicted octanol–water partition coefficient (Wildman–Crippen LogP) is 1.22. The van der Waals surface area contributed by atoms with Crippen molar-refractivity contribution in [3.05, 3.63) is 29.3 Å². The number of nitrogens with one attached hydrogen (secondary N) is 1. The molecule has 2 atom stereocenters. The Labute approximate surface area is 121 Å². The lowest BCUT2D eigenvalue weighted by Gasteiger charge is -2.36. The quantitative estimate of drug-likeness (QED) is 0.896. The molecule has 0 radical (unpaired) electrons. The number of ether oxygens (including phenoxy) is 2. The summed E-state index contributed by atoms with van der Waals surface area (Å²) in [6, 6.07) is 6.94. The monoisotopic (exact) mass is 276 g/mol. The molecule has 2 unspecified atom stereocenters. The molecule has 4 heteroatoms. The van der Waals surface area contributed by atoms with E-state index in [-0.39, 0.29) is 6.10 Å². The average Bonchev–Trinajstić information content (AvgIpc) is 2.82. The van der Waals surface area contributed by atoms with E-state index in [9.17, 15) is 0 Å². The van der Waals surface area contributed by atoms with Crippen LogP contribution in [0, 0.1) is 6.92 Å². The normalized spacial score (nSPS) is 26.3. The number of fused-ring (bicyclic) bond motifs is 1. The minimum absolute atomic E-state index is 0.282. The molecule has 20 heavy (non-hydrogen) atoms. The van der Waals surface area contributed by atoms with Gasteiger partial charge in [0.25, 0.3) is 0 Å². The van der Waals surface area contributed by atoms with Gasteiger partial charge in [-0.2, -0.15) is 0 Å². The van der Waals surface area contributed by atoms with E-state index in [2.05, 4.69) is 35.3 Å². The molecule has 110 valence electrons. The highest BCUT2D eigenvalue weighted by Gasteiger charge is 2.29. The maximum Gasteiger partial charge on any atom is 0.123 e. The number of benzene rings is 1. The second kappa shape index (κ2) is 6.12. The van der Waals surface area contributed by atoms with E-state index in [1.165, 1.54) is 11.1 Å². The fourth-order valence-corrected chi connectivity index (χ4v) is 3.17. The molecule has 2 heterocycles. The SMILES string of the molecule is CNCC1COCCN1CC1Cc2cc(C)ccc2O1. The zero-order valence-electron chi connectivity index (χ0n) is 12.4. The lowest BCUT2D eigenvalue weighted by molar-refractivity contribution is -0.0193. The highest BCUT2D eigenvalue weighted by molar-refractivity contribution is 5.40. The van der Waals surface area contributed by atoms with Crippen molar-refractivity contribution in [2.24, 2.45) is 0 Å². The van der Waals surface area contributed by atoms with Crippen LogP contribution in [0.25, 0.3) is 0 Å². The van der Waals surface area contributed by atoms with Crippen LogP contribution >= 0.6 is 0 Å². The third kappa shape index (κ3) is 2.97. The Balaban J connectivity index is 1.61. The van der Waals surface area contributed by atoms with Crippen molar-refractivity contribution in [3.8, 4) is 5.75 Å². The van der Waals surface area contributed by atoms with Gasteiger partial charge < -0.3 is 14.8 Å². The molecule has 0 bridgehead atoms. The standard InChI is InChI=1S/C16H24N2O2/c1-12-3-4-16-13(7-12)8-15(20-16)10-18-5-6-19-11-14(18)9-17-2/h3-4,7,14-15,17H,5-6,8-11H2,1-2H3. The van der Waals surface area contributed by atoms with Crippen LogP contribution in [0.3, 0.4) is 0 Å². The van der Waals surface area contributed by atoms with Crippen molar-refractivity contribution in [3.63, 3.8) is 0 Å². The number of morpholine rings is 1. The third-order valence-corrected chi connectivity index (χ3v) is 4.18. The topological polar surface area (TPSA) is 33.7 Å². The molecule has 0 aliphatic carbocycles. The molecule has 0 aromatic heterocycles. The van der Waals surface area contributed by atoms with Crippen LogP contribution in [0.4, 0.5) is 0 Å². The number of aryl methyl sites for hydroxylation is 1. The summed E-state index contributed by atoms with van der Waals surface area (Å²) < 4.78 is 11.7. The average molecular weight is 276 g/mol. The second-order valence-electron chi connectivity index (χ2n) is 5.84. The van der Waals surface area contributed by atoms with Crippen molar-refractivity contribution < 1.29 is 9.47 Å². The Kier molecular flexibility index (Phi) is 4.24. The first kappa shape index (κ1) is 13.9. The van der Waals surface area contributed by atoms with Gasteiger partial charge in [-0.3, -0.25) is 4.90 Å². The molecule has 1 saturated heterocycles. The third-order valence-electron chi connectivity index (χ3n) is 4.18. The van der Waals surface area contributed by atoms with Gasteiger partial charge in [0.05, 0.1) is 13.2 Å². The number of hydrogen-bond acceptors (Lipinski definition) is 4. The van der Waals surface area contributed by atoms with Crippen LogP contribution in [0.2, 0.25) is 0 Å². The van der Waals surface area contributed by atoms with Gasteiger partial charge in [-0.25, -0.2) is 0 Å².